The molecule has 3 rings (SSSR count). The second-order valence-electron chi connectivity index (χ2n) is 4.74. The lowest BCUT2D eigenvalue weighted by molar-refractivity contribution is 0.927. The van der Waals surface area contributed by atoms with Crippen molar-refractivity contribution >= 4 is 16.6 Å². The molecule has 2 aromatic carbocycles. The number of hydrogen-bond acceptors (Lipinski definition) is 2. The molecule has 0 amide bonds. The summed E-state index contributed by atoms with van der Waals surface area (Å²) >= 11 is 0. The number of H-pyrrole nitrogens is 1. The van der Waals surface area contributed by atoms with E-state index in [1.165, 1.54) is 16.3 Å². The van der Waals surface area contributed by atoms with Crippen molar-refractivity contribution in [1.29, 1.82) is 0 Å². The van der Waals surface area contributed by atoms with Gasteiger partial charge in [0.25, 0.3) is 0 Å². The molecule has 0 fully saturated rings. The van der Waals surface area contributed by atoms with Gasteiger partial charge >= 0.3 is 0 Å². The molecule has 0 spiro atoms. The van der Waals surface area contributed by atoms with Gasteiger partial charge < -0.3 is 5.73 Å². The number of benzene rings is 2. The number of aromatic amines is 1. The number of anilines is 1. The van der Waals surface area contributed by atoms with E-state index in [1.807, 2.05) is 0 Å². The van der Waals surface area contributed by atoms with Gasteiger partial charge in [-0.2, -0.15) is 5.10 Å². The molecule has 0 atom stereocenters. The highest BCUT2D eigenvalue weighted by atomic mass is 15.2. The van der Waals surface area contributed by atoms with Gasteiger partial charge in [0.2, 0.25) is 0 Å². The first kappa shape index (κ1) is 11.8. The standard InChI is InChI=1S/C16H17N3/c1-2-6-14-15(18-19-16(14)17)13-10-5-8-11-7-3-4-9-12(11)13/h3-5,7-10H,2,6H2,1H3,(H3,17,18,19). The fraction of sp³-hybridized carbons (Fsp3) is 0.188. The molecule has 0 aliphatic carbocycles. The lowest BCUT2D eigenvalue weighted by Gasteiger charge is -2.07. The van der Waals surface area contributed by atoms with Gasteiger partial charge in [0.15, 0.2) is 0 Å². The molecule has 19 heavy (non-hydrogen) atoms. The average Bonchev–Trinajstić information content (AvgIpc) is 2.80. The molecular formula is C16H17N3. The van der Waals surface area contributed by atoms with Crippen LogP contribution < -0.4 is 5.73 Å². The molecule has 3 nitrogen and oxygen atoms in total. The summed E-state index contributed by atoms with van der Waals surface area (Å²) < 4.78 is 0. The van der Waals surface area contributed by atoms with Crippen LogP contribution in [0.3, 0.4) is 0 Å². The molecule has 0 aliphatic heterocycles. The summed E-state index contributed by atoms with van der Waals surface area (Å²) in [6.07, 6.45) is 2.00. The Morgan fingerprint density at radius 1 is 1.11 bits per heavy atom. The van der Waals surface area contributed by atoms with Gasteiger partial charge in [0.1, 0.15) is 5.82 Å². The Labute approximate surface area is 112 Å². The van der Waals surface area contributed by atoms with Crippen LogP contribution in [-0.2, 0) is 6.42 Å². The largest absolute Gasteiger partial charge is 0.382 e. The number of aromatic nitrogens is 2. The van der Waals surface area contributed by atoms with Crippen molar-refractivity contribution in [1.82, 2.24) is 10.2 Å². The van der Waals surface area contributed by atoms with E-state index < -0.39 is 0 Å². The van der Waals surface area contributed by atoms with E-state index in [0.717, 1.165) is 24.1 Å². The van der Waals surface area contributed by atoms with Gasteiger partial charge in [-0.3, -0.25) is 5.10 Å². The number of rotatable bonds is 3. The Balaban J connectivity index is 2.25. The van der Waals surface area contributed by atoms with Crippen LogP contribution in [0.4, 0.5) is 5.82 Å². The fourth-order valence-corrected chi connectivity index (χ4v) is 2.55. The van der Waals surface area contributed by atoms with Crippen molar-refractivity contribution in [2.75, 3.05) is 5.73 Å². The van der Waals surface area contributed by atoms with Crippen molar-refractivity contribution < 1.29 is 0 Å². The van der Waals surface area contributed by atoms with Crippen LogP contribution in [0.1, 0.15) is 18.9 Å². The maximum absolute atomic E-state index is 5.97. The zero-order valence-electron chi connectivity index (χ0n) is 11.0. The van der Waals surface area contributed by atoms with E-state index in [4.69, 9.17) is 5.73 Å². The van der Waals surface area contributed by atoms with Crippen LogP contribution >= 0.6 is 0 Å². The predicted molar refractivity (Wildman–Crippen MR) is 79.9 cm³/mol. The van der Waals surface area contributed by atoms with E-state index in [1.54, 1.807) is 0 Å². The molecule has 3 heteroatoms. The Morgan fingerprint density at radius 2 is 1.89 bits per heavy atom. The van der Waals surface area contributed by atoms with Crippen LogP contribution in [0, 0.1) is 0 Å². The van der Waals surface area contributed by atoms with Crippen molar-refractivity contribution in [2.45, 2.75) is 19.8 Å². The van der Waals surface area contributed by atoms with Crippen LogP contribution in [0.15, 0.2) is 42.5 Å². The molecule has 0 radical (unpaired) electrons. The number of nitrogens with two attached hydrogens (primary N) is 1. The Hall–Kier alpha value is -2.29. The summed E-state index contributed by atoms with van der Waals surface area (Å²) in [6.45, 7) is 2.15. The molecule has 3 N–H and O–H groups in total. The number of fused-ring (bicyclic) bond motifs is 1. The smallest absolute Gasteiger partial charge is 0.149 e. The number of hydrogen-bond donors (Lipinski definition) is 2. The quantitative estimate of drug-likeness (QED) is 0.744. The van der Waals surface area contributed by atoms with Crippen molar-refractivity contribution in [2.24, 2.45) is 0 Å². The molecule has 1 aromatic heterocycles. The van der Waals surface area contributed by atoms with Gasteiger partial charge in [-0.25, -0.2) is 0 Å². The van der Waals surface area contributed by atoms with Crippen LogP contribution in [0.25, 0.3) is 22.0 Å². The molecule has 0 aliphatic rings. The summed E-state index contributed by atoms with van der Waals surface area (Å²) in [5.41, 5.74) is 9.31. The van der Waals surface area contributed by atoms with E-state index in [0.29, 0.717) is 5.82 Å². The summed E-state index contributed by atoms with van der Waals surface area (Å²) in [5, 5.41) is 9.72. The average molecular weight is 251 g/mol. The number of nitrogens with zero attached hydrogens (tertiary/aromatic N) is 1. The van der Waals surface area contributed by atoms with E-state index >= 15 is 0 Å². The van der Waals surface area contributed by atoms with E-state index in [9.17, 15) is 0 Å². The maximum atomic E-state index is 5.97. The molecule has 1 heterocycles. The normalized spacial score (nSPS) is 11.0. The van der Waals surface area contributed by atoms with Crippen molar-refractivity contribution in [3.8, 4) is 11.3 Å². The SMILES string of the molecule is CCCc1c(N)n[nH]c1-c1cccc2ccccc12. The molecule has 0 bridgehead atoms. The minimum Gasteiger partial charge on any atom is -0.382 e. The second kappa shape index (κ2) is 4.76. The minimum absolute atomic E-state index is 0.616. The first-order valence-electron chi connectivity index (χ1n) is 6.62. The third kappa shape index (κ3) is 1.97. The molecule has 96 valence electrons. The highest BCUT2D eigenvalue weighted by molar-refractivity contribution is 5.96. The summed E-state index contributed by atoms with van der Waals surface area (Å²) in [7, 11) is 0. The monoisotopic (exact) mass is 251 g/mol. The molecule has 3 aromatic rings. The Morgan fingerprint density at radius 3 is 2.74 bits per heavy atom. The summed E-state index contributed by atoms with van der Waals surface area (Å²) in [5.74, 6) is 0.616. The Bertz CT molecular complexity index is 708. The summed E-state index contributed by atoms with van der Waals surface area (Å²) in [6, 6.07) is 14.7. The first-order chi connectivity index (χ1) is 9.31. The third-order valence-electron chi connectivity index (χ3n) is 3.46. The van der Waals surface area contributed by atoms with Crippen LogP contribution in [0.5, 0.6) is 0 Å². The zero-order chi connectivity index (χ0) is 13.2. The lowest BCUT2D eigenvalue weighted by Crippen LogP contribution is -1.93. The highest BCUT2D eigenvalue weighted by Gasteiger charge is 2.13. The number of nitrogens with one attached hydrogen (secondary N) is 1. The van der Waals surface area contributed by atoms with Crippen LogP contribution in [-0.4, -0.2) is 10.2 Å². The molecular weight excluding hydrogens is 234 g/mol. The molecule has 0 unspecified atom stereocenters. The van der Waals surface area contributed by atoms with Gasteiger partial charge in [-0.05, 0) is 17.2 Å². The molecule has 0 saturated carbocycles. The van der Waals surface area contributed by atoms with Gasteiger partial charge in [0, 0.05) is 11.1 Å². The second-order valence-corrected chi connectivity index (χ2v) is 4.74. The molecule has 0 saturated heterocycles. The van der Waals surface area contributed by atoms with Gasteiger partial charge in [0.05, 0.1) is 5.69 Å². The minimum atomic E-state index is 0.616. The highest BCUT2D eigenvalue weighted by Crippen LogP contribution is 2.32. The first-order valence-corrected chi connectivity index (χ1v) is 6.62. The fourth-order valence-electron chi connectivity index (χ4n) is 2.55. The van der Waals surface area contributed by atoms with Crippen molar-refractivity contribution in [3.63, 3.8) is 0 Å². The lowest BCUT2D eigenvalue weighted by atomic mass is 9.98. The van der Waals surface area contributed by atoms with Crippen molar-refractivity contribution in [3.05, 3.63) is 48.0 Å². The van der Waals surface area contributed by atoms with Crippen LogP contribution in [0.2, 0.25) is 0 Å². The van der Waals surface area contributed by atoms with Gasteiger partial charge in [-0.1, -0.05) is 55.8 Å². The van der Waals surface area contributed by atoms with E-state index in [-0.39, 0.29) is 0 Å². The van der Waals surface area contributed by atoms with Gasteiger partial charge in [-0.15, -0.1) is 0 Å². The zero-order valence-corrected chi connectivity index (χ0v) is 11.0. The predicted octanol–water partition coefficient (Wildman–Crippen LogP) is 3.76. The van der Waals surface area contributed by atoms with E-state index in [2.05, 4.69) is 59.6 Å². The summed E-state index contributed by atoms with van der Waals surface area (Å²) in [4.78, 5) is 0. The Kier molecular flexibility index (Phi) is 2.95. The third-order valence-corrected chi connectivity index (χ3v) is 3.46. The topological polar surface area (TPSA) is 54.7 Å². The maximum Gasteiger partial charge on any atom is 0.149 e. The number of nitrogen functional groups attached to an aromatic ring is 1.